The summed E-state index contributed by atoms with van der Waals surface area (Å²) in [4.78, 5) is 21.8. The minimum Gasteiger partial charge on any atom is -0.367 e. The first-order valence-corrected chi connectivity index (χ1v) is 12.3. The Hall–Kier alpha value is -3.74. The molecule has 2 aromatic carbocycles. The third kappa shape index (κ3) is 5.15. The van der Waals surface area contributed by atoms with Crippen LogP contribution in [0.1, 0.15) is 36.2 Å². The maximum atomic E-state index is 13.7. The number of piperazine rings is 1. The summed E-state index contributed by atoms with van der Waals surface area (Å²) in [6.45, 7) is 4.03. The zero-order chi connectivity index (χ0) is 26.1. The summed E-state index contributed by atoms with van der Waals surface area (Å²) in [5.74, 6) is -0.611. The van der Waals surface area contributed by atoms with Crippen LogP contribution < -0.4 is 10.5 Å². The fourth-order valence-corrected chi connectivity index (χ4v) is 5.27. The normalized spacial score (nSPS) is 15.9. The van der Waals surface area contributed by atoms with Crippen molar-refractivity contribution in [2.24, 2.45) is 7.05 Å². The summed E-state index contributed by atoms with van der Waals surface area (Å²) in [5, 5.41) is 9.40. The van der Waals surface area contributed by atoms with Gasteiger partial charge in [0, 0.05) is 38.8 Å². The number of aryl methyl sites for hydroxylation is 1. The maximum absolute atomic E-state index is 13.7. The van der Waals surface area contributed by atoms with Crippen molar-refractivity contribution in [3.63, 3.8) is 0 Å². The fourth-order valence-electron chi connectivity index (χ4n) is 5.27. The summed E-state index contributed by atoms with van der Waals surface area (Å²) in [6, 6.07) is 19.9. The molecule has 0 saturated carbocycles. The van der Waals surface area contributed by atoms with Crippen LogP contribution in [0.15, 0.2) is 71.5 Å². The van der Waals surface area contributed by atoms with Crippen LogP contribution in [0.2, 0.25) is 0 Å². The predicted octanol–water partition coefficient (Wildman–Crippen LogP) is 4.89. The van der Waals surface area contributed by atoms with Gasteiger partial charge >= 0.3 is 0 Å². The highest BCUT2D eigenvalue weighted by molar-refractivity contribution is 7.59. The van der Waals surface area contributed by atoms with Gasteiger partial charge < -0.3 is 9.47 Å². The molecule has 0 radical (unpaired) electrons. The van der Waals surface area contributed by atoms with Crippen molar-refractivity contribution in [3.8, 4) is 6.07 Å². The van der Waals surface area contributed by atoms with Crippen LogP contribution in [0, 0.1) is 23.0 Å². The summed E-state index contributed by atoms with van der Waals surface area (Å²) < 4.78 is 29.0. The topological polar surface area (TPSA) is 65.2 Å². The third-order valence-corrected chi connectivity index (χ3v) is 7.23. The number of fused-ring (bicyclic) bond motifs is 1. The molecule has 5 rings (SSSR count). The van der Waals surface area contributed by atoms with Gasteiger partial charge in [-0.05, 0) is 53.9 Å². The SMILES string of the molecule is CC[C@H]1CN(c2cc(=O)n(C)c3ccc(C#N)nc23)CCN1C(c1ccc(F)cc1)c1ccc(F)cc1.S. The third-order valence-electron chi connectivity index (χ3n) is 7.23. The van der Waals surface area contributed by atoms with E-state index in [2.05, 4.69) is 27.8 Å². The Morgan fingerprint density at radius 3 is 2.16 bits per heavy atom. The standard InChI is InChI=1S/C29H27F2N5O.H2S/c1-3-24-18-35(26-16-27(37)34(2)25-13-12-23(17-32)33-28(25)26)14-15-36(24)29(19-4-8-21(30)9-5-19)20-6-10-22(31)11-7-20;/h4-13,16,24,29H,3,14-15,18H2,1-2H3;1H2/t24-;/m0./s1. The van der Waals surface area contributed by atoms with Crippen molar-refractivity contribution in [1.29, 1.82) is 5.26 Å². The number of nitrogens with zero attached hydrogens (tertiary/aromatic N) is 5. The molecule has 1 fully saturated rings. The number of hydrogen-bond acceptors (Lipinski definition) is 5. The first-order valence-electron chi connectivity index (χ1n) is 12.3. The lowest BCUT2D eigenvalue weighted by atomic mass is 9.93. The molecule has 196 valence electrons. The molecular weight excluding hydrogens is 504 g/mol. The van der Waals surface area contributed by atoms with Crippen molar-refractivity contribution in [3.05, 3.63) is 106 Å². The highest BCUT2D eigenvalue weighted by Gasteiger charge is 2.34. The molecule has 2 aromatic heterocycles. The van der Waals surface area contributed by atoms with Gasteiger partial charge in [-0.25, -0.2) is 13.8 Å². The van der Waals surface area contributed by atoms with Crippen LogP contribution in [-0.2, 0) is 7.05 Å². The number of aromatic nitrogens is 2. The Kier molecular flexibility index (Phi) is 8.14. The largest absolute Gasteiger partial charge is 0.367 e. The molecule has 1 atom stereocenters. The molecule has 1 aliphatic rings. The van der Waals surface area contributed by atoms with Crippen LogP contribution in [0.3, 0.4) is 0 Å². The Balaban J connectivity index is 0.00000336. The summed E-state index contributed by atoms with van der Waals surface area (Å²) in [6.07, 6.45) is 0.828. The van der Waals surface area contributed by atoms with Gasteiger partial charge in [0.25, 0.3) is 5.56 Å². The highest BCUT2D eigenvalue weighted by atomic mass is 32.1. The van der Waals surface area contributed by atoms with Crippen molar-refractivity contribution in [2.75, 3.05) is 24.5 Å². The first kappa shape index (κ1) is 27.3. The molecule has 1 aliphatic heterocycles. The quantitative estimate of drug-likeness (QED) is 0.366. The first-order chi connectivity index (χ1) is 17.9. The number of hydrogen-bond donors (Lipinski definition) is 0. The lowest BCUT2D eigenvalue weighted by Crippen LogP contribution is -2.54. The van der Waals surface area contributed by atoms with Crippen molar-refractivity contribution >= 4 is 30.2 Å². The molecule has 0 aliphatic carbocycles. The monoisotopic (exact) mass is 533 g/mol. The average molecular weight is 534 g/mol. The second-order valence-corrected chi connectivity index (χ2v) is 9.35. The van der Waals surface area contributed by atoms with E-state index in [-0.39, 0.29) is 42.8 Å². The second kappa shape index (κ2) is 11.3. The van der Waals surface area contributed by atoms with E-state index in [1.54, 1.807) is 54.1 Å². The van der Waals surface area contributed by atoms with E-state index < -0.39 is 0 Å². The van der Waals surface area contributed by atoms with Gasteiger partial charge in [0.15, 0.2) is 0 Å². The van der Waals surface area contributed by atoms with Gasteiger partial charge in [0.1, 0.15) is 28.9 Å². The summed E-state index contributed by atoms with van der Waals surface area (Å²) >= 11 is 0. The average Bonchev–Trinajstić information content (AvgIpc) is 2.92. The van der Waals surface area contributed by atoms with E-state index in [0.29, 0.717) is 42.0 Å². The van der Waals surface area contributed by atoms with E-state index in [1.165, 1.54) is 24.3 Å². The summed E-state index contributed by atoms with van der Waals surface area (Å²) in [7, 11) is 1.70. The smallest absolute Gasteiger partial charge is 0.252 e. The molecule has 0 unspecified atom stereocenters. The minimum absolute atomic E-state index is 0. The van der Waals surface area contributed by atoms with Gasteiger partial charge in [-0.1, -0.05) is 31.2 Å². The van der Waals surface area contributed by atoms with Crippen LogP contribution in [-0.4, -0.2) is 40.1 Å². The van der Waals surface area contributed by atoms with Crippen LogP contribution in [0.25, 0.3) is 11.0 Å². The second-order valence-electron chi connectivity index (χ2n) is 9.35. The molecule has 3 heterocycles. The van der Waals surface area contributed by atoms with Gasteiger partial charge in [0.2, 0.25) is 0 Å². The molecule has 0 N–H and O–H groups in total. The molecule has 38 heavy (non-hydrogen) atoms. The Labute approximate surface area is 227 Å². The fraction of sp³-hybridized carbons (Fsp3) is 0.276. The van der Waals surface area contributed by atoms with E-state index >= 15 is 0 Å². The zero-order valence-corrected chi connectivity index (χ0v) is 22.2. The molecule has 6 nitrogen and oxygen atoms in total. The molecule has 0 bridgehead atoms. The van der Waals surface area contributed by atoms with E-state index in [9.17, 15) is 18.8 Å². The Bertz CT molecular complexity index is 1490. The van der Waals surface area contributed by atoms with Gasteiger partial charge in [-0.15, -0.1) is 0 Å². The van der Waals surface area contributed by atoms with Crippen molar-refractivity contribution in [1.82, 2.24) is 14.5 Å². The van der Waals surface area contributed by atoms with Crippen LogP contribution in [0.5, 0.6) is 0 Å². The maximum Gasteiger partial charge on any atom is 0.252 e. The molecule has 9 heteroatoms. The predicted molar refractivity (Wildman–Crippen MR) is 150 cm³/mol. The van der Waals surface area contributed by atoms with Gasteiger partial charge in [-0.2, -0.15) is 18.8 Å². The number of rotatable bonds is 5. The molecule has 1 saturated heterocycles. The lowest BCUT2D eigenvalue weighted by molar-refractivity contribution is 0.135. The lowest BCUT2D eigenvalue weighted by Gasteiger charge is -2.46. The van der Waals surface area contributed by atoms with E-state index in [1.807, 2.05) is 0 Å². The van der Waals surface area contributed by atoms with E-state index in [0.717, 1.165) is 17.5 Å². The van der Waals surface area contributed by atoms with Crippen molar-refractivity contribution < 1.29 is 8.78 Å². The Morgan fingerprint density at radius 2 is 1.61 bits per heavy atom. The summed E-state index contributed by atoms with van der Waals surface area (Å²) in [5.41, 5.74) is 4.03. The number of benzene rings is 2. The van der Waals surface area contributed by atoms with Gasteiger partial charge in [0.05, 0.1) is 17.2 Å². The highest BCUT2D eigenvalue weighted by Crippen LogP contribution is 2.35. The van der Waals surface area contributed by atoms with E-state index in [4.69, 9.17) is 0 Å². The zero-order valence-electron chi connectivity index (χ0n) is 21.2. The number of anilines is 1. The molecule has 4 aromatic rings. The molecule has 0 amide bonds. The number of pyridine rings is 2. The molecular formula is C29H29F2N5OS. The Morgan fingerprint density at radius 1 is 1.00 bits per heavy atom. The van der Waals surface area contributed by atoms with Crippen LogP contribution in [0.4, 0.5) is 14.5 Å². The minimum atomic E-state index is -0.305. The number of nitriles is 1. The van der Waals surface area contributed by atoms with Crippen LogP contribution >= 0.6 is 13.5 Å². The number of halogens is 2. The van der Waals surface area contributed by atoms with Crippen molar-refractivity contribution in [2.45, 2.75) is 25.4 Å². The van der Waals surface area contributed by atoms with Gasteiger partial charge in [-0.3, -0.25) is 9.69 Å². The molecule has 0 spiro atoms.